The van der Waals surface area contributed by atoms with E-state index in [0.29, 0.717) is 6.10 Å². The van der Waals surface area contributed by atoms with Crippen LogP contribution in [0.2, 0.25) is 0 Å². The van der Waals surface area contributed by atoms with Crippen LogP contribution in [0.25, 0.3) is 0 Å². The second-order valence-corrected chi connectivity index (χ2v) is 4.06. The Bertz CT molecular complexity index is 119. The van der Waals surface area contributed by atoms with Gasteiger partial charge in [-0.15, -0.1) is 0 Å². The fourth-order valence-corrected chi connectivity index (χ4v) is 2.62. The molecule has 1 aliphatic heterocycles. The van der Waals surface area contributed by atoms with Crippen molar-refractivity contribution in [3.8, 4) is 0 Å². The van der Waals surface area contributed by atoms with E-state index in [2.05, 4.69) is 6.92 Å². The van der Waals surface area contributed by atoms with Crippen molar-refractivity contribution in [2.24, 2.45) is 11.8 Å². The number of hydrogen-bond donors (Lipinski definition) is 0. The molecule has 1 aliphatic carbocycles. The van der Waals surface area contributed by atoms with E-state index in [1.807, 2.05) is 0 Å². The molecule has 1 saturated heterocycles. The van der Waals surface area contributed by atoms with Crippen LogP contribution >= 0.6 is 0 Å². The van der Waals surface area contributed by atoms with Crippen molar-refractivity contribution < 1.29 is 4.74 Å². The highest BCUT2D eigenvalue weighted by Gasteiger charge is 2.35. The zero-order chi connectivity index (χ0) is 7.68. The van der Waals surface area contributed by atoms with Gasteiger partial charge in [0.2, 0.25) is 0 Å². The summed E-state index contributed by atoms with van der Waals surface area (Å²) in [5, 5.41) is 0. The normalized spacial score (nSPS) is 43.9. The summed E-state index contributed by atoms with van der Waals surface area (Å²) in [5.74, 6) is 1.90. The van der Waals surface area contributed by atoms with E-state index in [1.165, 1.54) is 32.1 Å². The third-order valence-corrected chi connectivity index (χ3v) is 3.36. The summed E-state index contributed by atoms with van der Waals surface area (Å²) in [4.78, 5) is 0. The van der Waals surface area contributed by atoms with Crippen LogP contribution in [0.4, 0.5) is 0 Å². The molecule has 0 spiro atoms. The first kappa shape index (κ1) is 7.60. The maximum absolute atomic E-state index is 5.73. The Morgan fingerprint density at radius 2 is 2.27 bits per heavy atom. The lowest BCUT2D eigenvalue weighted by molar-refractivity contribution is -0.00992. The Labute approximate surface area is 69.1 Å². The van der Waals surface area contributed by atoms with E-state index in [1.54, 1.807) is 0 Å². The second-order valence-electron chi connectivity index (χ2n) is 4.06. The van der Waals surface area contributed by atoms with Gasteiger partial charge in [-0.1, -0.05) is 13.3 Å². The van der Waals surface area contributed by atoms with Crippen molar-refractivity contribution in [3.63, 3.8) is 0 Å². The van der Waals surface area contributed by atoms with Gasteiger partial charge in [-0.2, -0.15) is 0 Å². The van der Waals surface area contributed by atoms with Gasteiger partial charge in [0.1, 0.15) is 0 Å². The van der Waals surface area contributed by atoms with Gasteiger partial charge in [-0.05, 0) is 37.5 Å². The van der Waals surface area contributed by atoms with Crippen LogP contribution in [0.15, 0.2) is 0 Å². The largest absolute Gasteiger partial charge is 0.378 e. The first-order valence-corrected chi connectivity index (χ1v) is 5.01. The van der Waals surface area contributed by atoms with E-state index in [4.69, 9.17) is 4.74 Å². The van der Waals surface area contributed by atoms with Gasteiger partial charge in [0.05, 0.1) is 6.10 Å². The van der Waals surface area contributed by atoms with Crippen LogP contribution in [0.5, 0.6) is 0 Å². The van der Waals surface area contributed by atoms with E-state index in [-0.39, 0.29) is 0 Å². The van der Waals surface area contributed by atoms with E-state index in [0.717, 1.165) is 18.4 Å². The molecule has 0 aromatic rings. The molecule has 1 heteroatoms. The smallest absolute Gasteiger partial charge is 0.0606 e. The summed E-state index contributed by atoms with van der Waals surface area (Å²) >= 11 is 0. The fourth-order valence-electron chi connectivity index (χ4n) is 2.62. The quantitative estimate of drug-likeness (QED) is 0.564. The number of ether oxygens (including phenoxy) is 1. The van der Waals surface area contributed by atoms with Gasteiger partial charge in [0, 0.05) is 6.61 Å². The molecule has 0 aromatic carbocycles. The molecular formula is C10H18O. The maximum atomic E-state index is 5.73. The predicted octanol–water partition coefficient (Wildman–Crippen LogP) is 2.60. The molecular weight excluding hydrogens is 136 g/mol. The minimum atomic E-state index is 0.647. The highest BCUT2D eigenvalue weighted by Crippen LogP contribution is 2.39. The second kappa shape index (κ2) is 3.14. The molecule has 0 bridgehead atoms. The molecule has 0 aromatic heterocycles. The molecule has 3 unspecified atom stereocenters. The monoisotopic (exact) mass is 154 g/mol. The van der Waals surface area contributed by atoms with Crippen molar-refractivity contribution in [1.29, 1.82) is 0 Å². The number of hydrogen-bond acceptors (Lipinski definition) is 1. The summed E-state index contributed by atoms with van der Waals surface area (Å²) in [7, 11) is 0. The molecule has 0 amide bonds. The molecule has 1 heterocycles. The average molecular weight is 154 g/mol. The first-order chi connectivity index (χ1) is 5.40. The number of rotatable bonds is 1. The van der Waals surface area contributed by atoms with Crippen LogP contribution in [0.1, 0.15) is 39.0 Å². The van der Waals surface area contributed by atoms with Gasteiger partial charge in [-0.3, -0.25) is 0 Å². The molecule has 0 radical (unpaired) electrons. The van der Waals surface area contributed by atoms with Crippen molar-refractivity contribution in [2.45, 2.75) is 45.1 Å². The standard InChI is InChI=1S/C10H18O/c1-2-8-6-9-4-3-5-11-10(9)7-8/h8-10H,2-7H2,1H3. The Morgan fingerprint density at radius 3 is 3.00 bits per heavy atom. The fraction of sp³-hybridized carbons (Fsp3) is 1.00. The molecule has 1 saturated carbocycles. The lowest BCUT2D eigenvalue weighted by atomic mass is 9.96. The van der Waals surface area contributed by atoms with Gasteiger partial charge in [0.15, 0.2) is 0 Å². The Morgan fingerprint density at radius 1 is 1.36 bits per heavy atom. The predicted molar refractivity (Wildman–Crippen MR) is 45.5 cm³/mol. The molecule has 11 heavy (non-hydrogen) atoms. The summed E-state index contributed by atoms with van der Waals surface area (Å²) in [6, 6.07) is 0. The van der Waals surface area contributed by atoms with E-state index >= 15 is 0 Å². The van der Waals surface area contributed by atoms with E-state index < -0.39 is 0 Å². The molecule has 2 fully saturated rings. The molecule has 2 aliphatic rings. The summed E-state index contributed by atoms with van der Waals surface area (Å²) in [6.45, 7) is 3.33. The lowest BCUT2D eigenvalue weighted by Crippen LogP contribution is -2.24. The summed E-state index contributed by atoms with van der Waals surface area (Å²) in [5.41, 5.74) is 0. The minimum Gasteiger partial charge on any atom is -0.378 e. The highest BCUT2D eigenvalue weighted by molar-refractivity contribution is 4.85. The first-order valence-electron chi connectivity index (χ1n) is 5.01. The Hall–Kier alpha value is -0.0400. The van der Waals surface area contributed by atoms with Crippen LogP contribution < -0.4 is 0 Å². The third-order valence-electron chi connectivity index (χ3n) is 3.36. The molecule has 64 valence electrons. The van der Waals surface area contributed by atoms with Crippen LogP contribution in [-0.4, -0.2) is 12.7 Å². The molecule has 1 nitrogen and oxygen atoms in total. The van der Waals surface area contributed by atoms with E-state index in [9.17, 15) is 0 Å². The number of fused-ring (bicyclic) bond motifs is 1. The van der Waals surface area contributed by atoms with Crippen molar-refractivity contribution in [3.05, 3.63) is 0 Å². The summed E-state index contributed by atoms with van der Waals surface area (Å²) in [6.07, 6.45) is 7.53. The van der Waals surface area contributed by atoms with Crippen LogP contribution in [-0.2, 0) is 4.74 Å². The summed E-state index contributed by atoms with van der Waals surface area (Å²) < 4.78 is 5.73. The highest BCUT2D eigenvalue weighted by atomic mass is 16.5. The molecule has 2 rings (SSSR count). The SMILES string of the molecule is CCC1CC2CCCOC2C1. The minimum absolute atomic E-state index is 0.647. The van der Waals surface area contributed by atoms with Crippen molar-refractivity contribution in [1.82, 2.24) is 0 Å². The lowest BCUT2D eigenvalue weighted by Gasteiger charge is -2.25. The van der Waals surface area contributed by atoms with Crippen LogP contribution in [0.3, 0.4) is 0 Å². The zero-order valence-electron chi connectivity index (χ0n) is 7.38. The third kappa shape index (κ3) is 1.44. The Balaban J connectivity index is 1.92. The maximum Gasteiger partial charge on any atom is 0.0606 e. The average Bonchev–Trinajstić information content (AvgIpc) is 2.46. The van der Waals surface area contributed by atoms with Crippen molar-refractivity contribution in [2.75, 3.05) is 6.61 Å². The molecule has 3 atom stereocenters. The van der Waals surface area contributed by atoms with Crippen molar-refractivity contribution >= 4 is 0 Å². The zero-order valence-corrected chi connectivity index (χ0v) is 7.38. The van der Waals surface area contributed by atoms with Gasteiger partial charge in [0.25, 0.3) is 0 Å². The van der Waals surface area contributed by atoms with Crippen LogP contribution in [0, 0.1) is 11.8 Å². The van der Waals surface area contributed by atoms with Gasteiger partial charge >= 0.3 is 0 Å². The Kier molecular flexibility index (Phi) is 2.17. The topological polar surface area (TPSA) is 9.23 Å². The molecule has 0 N–H and O–H groups in total. The van der Waals surface area contributed by atoms with Gasteiger partial charge in [-0.25, -0.2) is 0 Å². The van der Waals surface area contributed by atoms with Gasteiger partial charge < -0.3 is 4.74 Å².